The zero-order valence-corrected chi connectivity index (χ0v) is 14.1. The summed E-state index contributed by atoms with van der Waals surface area (Å²) < 4.78 is 12.1. The summed E-state index contributed by atoms with van der Waals surface area (Å²) in [6.45, 7) is 0.940. The fourth-order valence-electron chi connectivity index (χ4n) is 1.64. The van der Waals surface area contributed by atoms with Gasteiger partial charge in [0.1, 0.15) is 11.5 Å². The molecular formula is C15H13BrCl2O3. The molecule has 0 radical (unpaired) electrons. The van der Waals surface area contributed by atoms with Gasteiger partial charge in [0.2, 0.25) is 0 Å². The third kappa shape index (κ3) is 4.99. The van der Waals surface area contributed by atoms with Gasteiger partial charge < -0.3 is 14.6 Å². The van der Waals surface area contributed by atoms with E-state index in [9.17, 15) is 5.11 Å². The largest absolute Gasteiger partial charge is 0.508 e. The molecule has 0 spiro atoms. The molecule has 1 N–H and O–H groups in total. The van der Waals surface area contributed by atoms with Gasteiger partial charge in [0, 0.05) is 23.0 Å². The topological polar surface area (TPSA) is 38.7 Å². The molecule has 0 aliphatic heterocycles. The van der Waals surface area contributed by atoms with Crippen LogP contribution in [0.5, 0.6) is 17.2 Å². The molecule has 0 bridgehead atoms. The standard InChI is InChI=1S/C15H13BrCl2O3/c16-10-2-4-12(5-3-10)20-6-1-7-21-15-13(17)8-11(19)9-14(15)18/h2-5,8-9,19H,1,6-7H2. The highest BCUT2D eigenvalue weighted by Gasteiger charge is 2.09. The van der Waals surface area contributed by atoms with E-state index in [2.05, 4.69) is 15.9 Å². The van der Waals surface area contributed by atoms with Crippen LogP contribution in [0.25, 0.3) is 0 Å². The van der Waals surface area contributed by atoms with Crippen LogP contribution in [0, 0.1) is 0 Å². The lowest BCUT2D eigenvalue weighted by Crippen LogP contribution is -2.05. The molecule has 0 saturated heterocycles. The lowest BCUT2D eigenvalue weighted by Gasteiger charge is -2.11. The lowest BCUT2D eigenvalue weighted by molar-refractivity contribution is 0.247. The summed E-state index contributed by atoms with van der Waals surface area (Å²) in [5.74, 6) is 1.19. The Morgan fingerprint density at radius 1 is 0.952 bits per heavy atom. The molecule has 2 rings (SSSR count). The van der Waals surface area contributed by atoms with Crippen molar-refractivity contribution in [2.24, 2.45) is 0 Å². The Hall–Kier alpha value is -1.10. The van der Waals surface area contributed by atoms with Gasteiger partial charge in [-0.15, -0.1) is 0 Å². The number of phenolic OH excluding ortho intramolecular Hbond substituents is 1. The first kappa shape index (κ1) is 16.3. The maximum absolute atomic E-state index is 9.33. The fourth-order valence-corrected chi connectivity index (χ4v) is 2.49. The van der Waals surface area contributed by atoms with Gasteiger partial charge in [0.25, 0.3) is 0 Å². The Balaban J connectivity index is 1.76. The molecule has 0 fully saturated rings. The van der Waals surface area contributed by atoms with Crippen molar-refractivity contribution >= 4 is 39.1 Å². The number of ether oxygens (including phenoxy) is 2. The number of halogens is 3. The summed E-state index contributed by atoms with van der Waals surface area (Å²) in [5.41, 5.74) is 0. The van der Waals surface area contributed by atoms with Crippen molar-refractivity contribution in [1.82, 2.24) is 0 Å². The highest BCUT2D eigenvalue weighted by Crippen LogP contribution is 2.36. The van der Waals surface area contributed by atoms with Crippen molar-refractivity contribution in [3.63, 3.8) is 0 Å². The Labute approximate surface area is 141 Å². The summed E-state index contributed by atoms with van der Waals surface area (Å²) in [5, 5.41) is 9.90. The highest BCUT2D eigenvalue weighted by molar-refractivity contribution is 9.10. The summed E-state index contributed by atoms with van der Waals surface area (Å²) in [7, 11) is 0. The molecule has 0 unspecified atom stereocenters. The zero-order chi connectivity index (χ0) is 15.2. The molecule has 0 aliphatic carbocycles. The quantitative estimate of drug-likeness (QED) is 0.678. The van der Waals surface area contributed by atoms with Crippen LogP contribution in [-0.2, 0) is 0 Å². The van der Waals surface area contributed by atoms with E-state index < -0.39 is 0 Å². The number of hydrogen-bond acceptors (Lipinski definition) is 3. The summed E-state index contributed by atoms with van der Waals surface area (Å²) in [6, 6.07) is 10.4. The Bertz CT molecular complexity index is 579. The predicted molar refractivity (Wildman–Crippen MR) is 87.9 cm³/mol. The van der Waals surface area contributed by atoms with E-state index in [1.165, 1.54) is 12.1 Å². The molecule has 0 amide bonds. The van der Waals surface area contributed by atoms with Gasteiger partial charge in [-0.3, -0.25) is 0 Å². The smallest absolute Gasteiger partial charge is 0.156 e. The number of aromatic hydroxyl groups is 1. The molecule has 0 atom stereocenters. The van der Waals surface area contributed by atoms with Gasteiger partial charge in [0.05, 0.1) is 23.3 Å². The lowest BCUT2D eigenvalue weighted by atomic mass is 10.3. The van der Waals surface area contributed by atoms with E-state index in [0.29, 0.717) is 25.4 Å². The average molecular weight is 392 g/mol. The van der Waals surface area contributed by atoms with E-state index in [-0.39, 0.29) is 15.8 Å². The van der Waals surface area contributed by atoms with Crippen LogP contribution in [0.2, 0.25) is 10.0 Å². The fraction of sp³-hybridized carbons (Fsp3) is 0.200. The first-order chi connectivity index (χ1) is 10.1. The monoisotopic (exact) mass is 390 g/mol. The van der Waals surface area contributed by atoms with Crippen LogP contribution >= 0.6 is 39.1 Å². The zero-order valence-electron chi connectivity index (χ0n) is 11.0. The second-order valence-corrected chi connectivity index (χ2v) is 5.97. The SMILES string of the molecule is Oc1cc(Cl)c(OCCCOc2ccc(Br)cc2)c(Cl)c1. The van der Waals surface area contributed by atoms with E-state index >= 15 is 0 Å². The maximum atomic E-state index is 9.33. The number of benzene rings is 2. The van der Waals surface area contributed by atoms with Crippen LogP contribution in [0.4, 0.5) is 0 Å². The van der Waals surface area contributed by atoms with E-state index in [4.69, 9.17) is 32.7 Å². The van der Waals surface area contributed by atoms with Crippen LogP contribution in [0.1, 0.15) is 6.42 Å². The van der Waals surface area contributed by atoms with Crippen molar-refractivity contribution in [3.05, 3.63) is 50.9 Å². The average Bonchev–Trinajstić information content (AvgIpc) is 2.43. The highest BCUT2D eigenvalue weighted by atomic mass is 79.9. The van der Waals surface area contributed by atoms with Crippen LogP contribution in [0.3, 0.4) is 0 Å². The van der Waals surface area contributed by atoms with Gasteiger partial charge in [-0.05, 0) is 24.3 Å². The van der Waals surface area contributed by atoms with Crippen LogP contribution in [0.15, 0.2) is 40.9 Å². The van der Waals surface area contributed by atoms with E-state index in [0.717, 1.165) is 10.2 Å². The van der Waals surface area contributed by atoms with Crippen LogP contribution < -0.4 is 9.47 Å². The van der Waals surface area contributed by atoms with Crippen molar-refractivity contribution < 1.29 is 14.6 Å². The minimum Gasteiger partial charge on any atom is -0.508 e. The predicted octanol–water partition coefficient (Wildman–Crippen LogP) is 5.31. The maximum Gasteiger partial charge on any atom is 0.156 e. The Morgan fingerprint density at radius 2 is 1.52 bits per heavy atom. The third-order valence-corrected chi connectivity index (χ3v) is 3.69. The van der Waals surface area contributed by atoms with Gasteiger partial charge in [-0.25, -0.2) is 0 Å². The third-order valence-electron chi connectivity index (χ3n) is 2.60. The molecular weight excluding hydrogens is 379 g/mol. The van der Waals surface area contributed by atoms with Crippen molar-refractivity contribution in [3.8, 4) is 17.2 Å². The van der Waals surface area contributed by atoms with Gasteiger partial charge in [-0.1, -0.05) is 39.1 Å². The van der Waals surface area contributed by atoms with Gasteiger partial charge in [-0.2, -0.15) is 0 Å². The molecule has 2 aromatic rings. The first-order valence-electron chi connectivity index (χ1n) is 6.25. The minimum atomic E-state index is 0.0101. The van der Waals surface area contributed by atoms with Crippen molar-refractivity contribution in [2.45, 2.75) is 6.42 Å². The van der Waals surface area contributed by atoms with Crippen molar-refractivity contribution in [2.75, 3.05) is 13.2 Å². The molecule has 0 aromatic heterocycles. The van der Waals surface area contributed by atoms with Crippen LogP contribution in [-0.4, -0.2) is 18.3 Å². The summed E-state index contributed by atoms with van der Waals surface area (Å²) in [6.07, 6.45) is 0.684. The second-order valence-electron chi connectivity index (χ2n) is 4.24. The van der Waals surface area contributed by atoms with E-state index in [1.54, 1.807) is 0 Å². The number of phenols is 1. The molecule has 112 valence electrons. The Morgan fingerprint density at radius 3 is 2.14 bits per heavy atom. The first-order valence-corrected chi connectivity index (χ1v) is 7.80. The number of rotatable bonds is 6. The molecule has 21 heavy (non-hydrogen) atoms. The molecule has 2 aromatic carbocycles. The molecule has 3 nitrogen and oxygen atoms in total. The molecule has 0 heterocycles. The minimum absolute atomic E-state index is 0.0101. The van der Waals surface area contributed by atoms with E-state index in [1.807, 2.05) is 24.3 Å². The normalized spacial score (nSPS) is 10.4. The van der Waals surface area contributed by atoms with Gasteiger partial charge in [0.15, 0.2) is 5.75 Å². The Kier molecular flexibility index (Phi) is 6.03. The molecule has 0 aliphatic rings. The summed E-state index contributed by atoms with van der Waals surface area (Å²) in [4.78, 5) is 0. The van der Waals surface area contributed by atoms with Crippen molar-refractivity contribution in [1.29, 1.82) is 0 Å². The second kappa shape index (κ2) is 7.78. The molecule has 0 saturated carbocycles. The van der Waals surface area contributed by atoms with Gasteiger partial charge >= 0.3 is 0 Å². The molecule has 6 heteroatoms. The summed E-state index contributed by atoms with van der Waals surface area (Å²) >= 11 is 15.3. The number of hydrogen-bond donors (Lipinski definition) is 1.